The van der Waals surface area contributed by atoms with Crippen molar-refractivity contribution < 1.29 is 14.5 Å². The number of nitrogens with zero attached hydrogens (tertiary/aromatic N) is 2. The number of hydrogen-bond donors (Lipinski definition) is 2. The molecule has 0 aliphatic rings. The number of hydrogen-bond acceptors (Lipinski definition) is 6. The van der Waals surface area contributed by atoms with Gasteiger partial charge in [0.15, 0.2) is 5.82 Å². The second-order valence-electron chi connectivity index (χ2n) is 4.57. The third-order valence-electron chi connectivity index (χ3n) is 3.20. The molecule has 0 aliphatic heterocycles. The van der Waals surface area contributed by atoms with Crippen molar-refractivity contribution in [3.63, 3.8) is 0 Å². The lowest BCUT2D eigenvalue weighted by Gasteiger charge is -2.09. The average molecular weight is 336 g/mol. The van der Waals surface area contributed by atoms with Crippen molar-refractivity contribution in [2.45, 2.75) is 18.2 Å². The molecular weight excluding hydrogens is 320 g/mol. The highest BCUT2D eigenvalue weighted by Gasteiger charge is 2.24. The van der Waals surface area contributed by atoms with Gasteiger partial charge in [0.2, 0.25) is 0 Å². The monoisotopic (exact) mass is 336 g/mol. The number of rotatable bonds is 6. The molecule has 2 N–H and O–H groups in total. The summed E-state index contributed by atoms with van der Waals surface area (Å²) in [6.07, 6.45) is 2.54. The van der Waals surface area contributed by atoms with Gasteiger partial charge in [-0.15, -0.1) is 11.8 Å². The number of aromatic nitrogens is 2. The molecule has 1 aromatic carbocycles. The number of aromatic amines is 1. The molecule has 8 nitrogen and oxygen atoms in total. The minimum absolute atomic E-state index is 0.0406. The van der Waals surface area contributed by atoms with Crippen LogP contribution in [0.5, 0.6) is 5.75 Å². The number of amides is 1. The topological polar surface area (TPSA) is 110 Å². The van der Waals surface area contributed by atoms with Gasteiger partial charge in [0, 0.05) is 11.8 Å². The van der Waals surface area contributed by atoms with Crippen LogP contribution >= 0.6 is 11.8 Å². The molecule has 9 heteroatoms. The number of nitro benzene ring substituents is 1. The van der Waals surface area contributed by atoms with Crippen LogP contribution < -0.4 is 10.1 Å². The Morgan fingerprint density at radius 2 is 2.22 bits per heavy atom. The number of carbonyl (C=O) groups excluding carboxylic acids is 1. The number of nitro groups is 1. The number of thioether (sulfide) groups is 1. The average Bonchev–Trinajstić information content (AvgIpc) is 3.00. The molecule has 122 valence electrons. The van der Waals surface area contributed by atoms with Crippen molar-refractivity contribution in [1.29, 1.82) is 0 Å². The number of carbonyl (C=O) groups is 1. The summed E-state index contributed by atoms with van der Waals surface area (Å²) in [6.45, 7) is 1.94. The lowest BCUT2D eigenvalue weighted by atomic mass is 10.1. The Balaban J connectivity index is 2.39. The van der Waals surface area contributed by atoms with Crippen LogP contribution in [0.1, 0.15) is 23.0 Å². The molecule has 2 rings (SSSR count). The number of H-pyrrole nitrogens is 1. The molecule has 0 spiro atoms. The SMILES string of the molecule is CCc1cc(NC(=O)c2cc(SC)c(OC)cc2[N+](=O)[O-])n[nH]1. The molecule has 23 heavy (non-hydrogen) atoms. The fraction of sp³-hybridized carbons (Fsp3) is 0.286. The van der Waals surface area contributed by atoms with Crippen molar-refractivity contribution in [3.05, 3.63) is 39.6 Å². The van der Waals surface area contributed by atoms with Gasteiger partial charge in [-0.1, -0.05) is 6.92 Å². The summed E-state index contributed by atoms with van der Waals surface area (Å²) in [5.41, 5.74) is 0.499. The zero-order valence-corrected chi connectivity index (χ0v) is 13.7. The van der Waals surface area contributed by atoms with Crippen molar-refractivity contribution in [2.75, 3.05) is 18.7 Å². The number of nitrogens with one attached hydrogen (secondary N) is 2. The summed E-state index contributed by atoms with van der Waals surface area (Å²) in [5.74, 6) is 0.0836. The molecule has 0 saturated carbocycles. The van der Waals surface area contributed by atoms with E-state index in [2.05, 4.69) is 15.5 Å². The van der Waals surface area contributed by atoms with Crippen molar-refractivity contribution in [2.24, 2.45) is 0 Å². The van der Waals surface area contributed by atoms with Crippen LogP contribution in [0, 0.1) is 10.1 Å². The third-order valence-corrected chi connectivity index (χ3v) is 3.96. The number of ether oxygens (including phenoxy) is 1. The van der Waals surface area contributed by atoms with Gasteiger partial charge in [0.1, 0.15) is 11.3 Å². The highest BCUT2D eigenvalue weighted by Crippen LogP contribution is 2.34. The number of anilines is 1. The molecule has 0 saturated heterocycles. The van der Waals surface area contributed by atoms with E-state index in [1.165, 1.54) is 31.0 Å². The van der Waals surface area contributed by atoms with Gasteiger partial charge in [0.05, 0.1) is 23.0 Å². The third kappa shape index (κ3) is 3.62. The lowest BCUT2D eigenvalue weighted by molar-refractivity contribution is -0.385. The molecule has 0 bridgehead atoms. The van der Waals surface area contributed by atoms with E-state index < -0.39 is 10.8 Å². The molecule has 0 fully saturated rings. The van der Waals surface area contributed by atoms with E-state index in [9.17, 15) is 14.9 Å². The molecular formula is C14H16N4O4S. The first kappa shape index (κ1) is 16.8. The predicted molar refractivity (Wildman–Crippen MR) is 87.3 cm³/mol. The van der Waals surface area contributed by atoms with Gasteiger partial charge in [-0.05, 0) is 18.7 Å². The fourth-order valence-electron chi connectivity index (χ4n) is 1.99. The van der Waals surface area contributed by atoms with Crippen LogP contribution in [0.4, 0.5) is 11.5 Å². The zero-order valence-electron chi connectivity index (χ0n) is 12.9. The summed E-state index contributed by atoms with van der Waals surface area (Å²) >= 11 is 1.34. The molecule has 1 heterocycles. The van der Waals surface area contributed by atoms with E-state index in [1.807, 2.05) is 6.92 Å². The maximum Gasteiger partial charge on any atom is 0.285 e. The van der Waals surface area contributed by atoms with Gasteiger partial charge in [0.25, 0.3) is 11.6 Å². The summed E-state index contributed by atoms with van der Waals surface area (Å²) in [4.78, 5) is 23.7. The van der Waals surface area contributed by atoms with Gasteiger partial charge in [-0.3, -0.25) is 20.0 Å². The quantitative estimate of drug-likeness (QED) is 0.477. The van der Waals surface area contributed by atoms with Gasteiger partial charge >= 0.3 is 0 Å². The maximum atomic E-state index is 12.4. The van der Waals surface area contributed by atoms with Gasteiger partial charge in [-0.25, -0.2) is 0 Å². The number of benzene rings is 1. The molecule has 1 amide bonds. The van der Waals surface area contributed by atoms with E-state index in [4.69, 9.17) is 4.74 Å². The van der Waals surface area contributed by atoms with Crippen molar-refractivity contribution in [1.82, 2.24) is 10.2 Å². The Labute approximate surface area is 136 Å². The van der Waals surface area contributed by atoms with Crippen molar-refractivity contribution >= 4 is 29.2 Å². The zero-order chi connectivity index (χ0) is 17.0. The van der Waals surface area contributed by atoms with Crippen LogP contribution in [-0.4, -0.2) is 34.4 Å². The van der Waals surface area contributed by atoms with Gasteiger partial charge in [-0.2, -0.15) is 5.10 Å². The summed E-state index contributed by atoms with van der Waals surface area (Å²) in [6, 6.07) is 4.38. The van der Waals surface area contributed by atoms with E-state index >= 15 is 0 Å². The van der Waals surface area contributed by atoms with Gasteiger partial charge < -0.3 is 10.1 Å². The van der Waals surface area contributed by atoms with E-state index in [0.717, 1.165) is 12.1 Å². The smallest absolute Gasteiger partial charge is 0.285 e. The highest BCUT2D eigenvalue weighted by atomic mass is 32.2. The standard InChI is InChI=1S/C14H16N4O4S/c1-4-8-5-13(17-16-8)15-14(19)9-6-12(23-3)11(22-2)7-10(9)18(20)21/h5-7H,4H2,1-3H3,(H2,15,16,17,19). The fourth-order valence-corrected chi connectivity index (χ4v) is 2.57. The molecule has 0 unspecified atom stereocenters. The maximum absolute atomic E-state index is 12.4. The van der Waals surface area contributed by atoms with E-state index in [0.29, 0.717) is 16.5 Å². The van der Waals surface area contributed by atoms with Crippen LogP contribution in [0.25, 0.3) is 0 Å². The Hall–Kier alpha value is -2.55. The molecule has 0 atom stereocenters. The van der Waals surface area contributed by atoms with E-state index in [-0.39, 0.29) is 11.3 Å². The molecule has 1 aromatic heterocycles. The van der Waals surface area contributed by atoms with Crippen LogP contribution in [0.3, 0.4) is 0 Å². The predicted octanol–water partition coefficient (Wildman–Crippen LogP) is 2.86. The highest BCUT2D eigenvalue weighted by molar-refractivity contribution is 7.98. The molecule has 2 aromatic rings. The Morgan fingerprint density at radius 3 is 2.74 bits per heavy atom. The Kier molecular flexibility index (Phi) is 5.22. The van der Waals surface area contributed by atoms with Crippen LogP contribution in [0.2, 0.25) is 0 Å². The van der Waals surface area contributed by atoms with Crippen LogP contribution in [0.15, 0.2) is 23.1 Å². The lowest BCUT2D eigenvalue weighted by Crippen LogP contribution is -2.14. The number of methoxy groups -OCH3 is 1. The molecule has 0 radical (unpaired) electrons. The first-order valence-corrected chi connectivity index (χ1v) is 7.98. The Bertz CT molecular complexity index is 744. The summed E-state index contributed by atoms with van der Waals surface area (Å²) in [7, 11) is 1.43. The first-order chi connectivity index (χ1) is 11.0. The number of aryl methyl sites for hydroxylation is 1. The van der Waals surface area contributed by atoms with E-state index in [1.54, 1.807) is 12.3 Å². The second kappa shape index (κ2) is 7.14. The second-order valence-corrected chi connectivity index (χ2v) is 5.42. The Morgan fingerprint density at radius 1 is 1.48 bits per heavy atom. The van der Waals surface area contributed by atoms with Crippen molar-refractivity contribution in [3.8, 4) is 5.75 Å². The first-order valence-electron chi connectivity index (χ1n) is 6.76. The largest absolute Gasteiger partial charge is 0.495 e. The summed E-state index contributed by atoms with van der Waals surface area (Å²) < 4.78 is 5.12. The minimum Gasteiger partial charge on any atom is -0.495 e. The summed E-state index contributed by atoms with van der Waals surface area (Å²) in [5, 5.41) is 20.5. The minimum atomic E-state index is -0.608. The molecule has 0 aliphatic carbocycles. The van der Waals surface area contributed by atoms with Crippen LogP contribution in [-0.2, 0) is 6.42 Å². The normalized spacial score (nSPS) is 10.4.